The van der Waals surface area contributed by atoms with Crippen molar-refractivity contribution in [1.29, 1.82) is 0 Å². The number of cyclic esters (lactones) is 1. The van der Waals surface area contributed by atoms with E-state index in [9.17, 15) is 9.59 Å². The number of esters is 1. The third-order valence-corrected chi connectivity index (χ3v) is 4.63. The van der Waals surface area contributed by atoms with Crippen LogP contribution in [-0.2, 0) is 16.0 Å². The van der Waals surface area contributed by atoms with Gasteiger partial charge in [0.1, 0.15) is 5.82 Å². The molecule has 0 unspecified atom stereocenters. The van der Waals surface area contributed by atoms with Crippen molar-refractivity contribution < 1.29 is 14.3 Å². The molecule has 1 aromatic heterocycles. The van der Waals surface area contributed by atoms with Crippen LogP contribution in [-0.4, -0.2) is 59.0 Å². The smallest absolute Gasteiger partial charge is 0.339 e. The Morgan fingerprint density at radius 2 is 1.92 bits per heavy atom. The van der Waals surface area contributed by atoms with Gasteiger partial charge in [0.2, 0.25) is 0 Å². The summed E-state index contributed by atoms with van der Waals surface area (Å²) in [6, 6.07) is 7.28. The Labute approximate surface area is 145 Å². The maximum Gasteiger partial charge on any atom is 0.339 e. The quantitative estimate of drug-likeness (QED) is 0.758. The summed E-state index contributed by atoms with van der Waals surface area (Å²) in [5.41, 5.74) is 1.43. The van der Waals surface area contributed by atoms with Crippen molar-refractivity contribution in [1.82, 2.24) is 14.9 Å². The highest BCUT2D eigenvalue weighted by Gasteiger charge is 2.35. The second-order valence-electron chi connectivity index (χ2n) is 6.13. The molecule has 1 aromatic carbocycles. The van der Waals surface area contributed by atoms with Crippen molar-refractivity contribution in [2.24, 2.45) is 0 Å². The molecular formula is C18H18N4O3. The SMILES string of the molecule is O=C1O[C@@H](C(=O)N2CCN(c3cnccn3)CC2)Cc2ccccc21. The first-order valence-electron chi connectivity index (χ1n) is 8.31. The van der Waals surface area contributed by atoms with Crippen LogP contribution in [0.1, 0.15) is 15.9 Å². The Morgan fingerprint density at radius 3 is 2.68 bits per heavy atom. The summed E-state index contributed by atoms with van der Waals surface area (Å²) >= 11 is 0. The maximum atomic E-state index is 12.8. The molecule has 2 aliphatic rings. The fourth-order valence-electron chi connectivity index (χ4n) is 3.28. The molecule has 128 valence electrons. The van der Waals surface area contributed by atoms with Gasteiger partial charge in [-0.3, -0.25) is 9.78 Å². The molecule has 1 fully saturated rings. The van der Waals surface area contributed by atoms with Crippen molar-refractivity contribution in [2.75, 3.05) is 31.1 Å². The lowest BCUT2D eigenvalue weighted by Crippen LogP contribution is -2.53. The molecule has 0 spiro atoms. The predicted molar refractivity (Wildman–Crippen MR) is 90.2 cm³/mol. The molecule has 4 rings (SSSR count). The van der Waals surface area contributed by atoms with Gasteiger partial charge in [-0.25, -0.2) is 9.78 Å². The van der Waals surface area contributed by atoms with Crippen LogP contribution in [0.4, 0.5) is 5.82 Å². The maximum absolute atomic E-state index is 12.8. The molecule has 2 aromatic rings. The second kappa shape index (κ2) is 6.51. The number of hydrogen-bond donors (Lipinski definition) is 0. The molecule has 7 heteroatoms. The largest absolute Gasteiger partial charge is 0.448 e. The van der Waals surface area contributed by atoms with Crippen molar-refractivity contribution in [2.45, 2.75) is 12.5 Å². The van der Waals surface area contributed by atoms with Gasteiger partial charge in [0.25, 0.3) is 5.91 Å². The Hall–Kier alpha value is -2.96. The number of ether oxygens (including phenoxy) is 1. The fourth-order valence-corrected chi connectivity index (χ4v) is 3.28. The summed E-state index contributed by atoms with van der Waals surface area (Å²) in [6.45, 7) is 2.51. The first-order valence-corrected chi connectivity index (χ1v) is 8.31. The molecule has 0 saturated carbocycles. The first-order chi connectivity index (χ1) is 12.2. The zero-order valence-corrected chi connectivity index (χ0v) is 13.7. The monoisotopic (exact) mass is 338 g/mol. The number of anilines is 1. The summed E-state index contributed by atoms with van der Waals surface area (Å²) in [5.74, 6) is 0.271. The highest BCUT2D eigenvalue weighted by atomic mass is 16.5. The molecule has 0 aliphatic carbocycles. The van der Waals surface area contributed by atoms with Gasteiger partial charge in [-0.2, -0.15) is 0 Å². The zero-order valence-electron chi connectivity index (χ0n) is 13.7. The third kappa shape index (κ3) is 3.05. The minimum Gasteiger partial charge on any atom is -0.448 e. The molecule has 0 N–H and O–H groups in total. The third-order valence-electron chi connectivity index (χ3n) is 4.63. The molecular weight excluding hydrogens is 320 g/mol. The van der Waals surface area contributed by atoms with Gasteiger partial charge in [0.05, 0.1) is 11.8 Å². The van der Waals surface area contributed by atoms with Crippen LogP contribution in [0.2, 0.25) is 0 Å². The summed E-state index contributed by atoms with van der Waals surface area (Å²) in [4.78, 5) is 37.1. The van der Waals surface area contributed by atoms with E-state index in [-0.39, 0.29) is 5.91 Å². The minimum atomic E-state index is -0.731. The number of piperazine rings is 1. The number of carbonyl (C=O) groups excluding carboxylic acids is 2. The molecule has 1 atom stereocenters. The molecule has 1 amide bonds. The van der Waals surface area contributed by atoms with Crippen molar-refractivity contribution in [3.05, 3.63) is 54.0 Å². The Kier molecular flexibility index (Phi) is 4.05. The van der Waals surface area contributed by atoms with E-state index in [1.54, 1.807) is 35.6 Å². The van der Waals surface area contributed by atoms with Crippen LogP contribution in [0.3, 0.4) is 0 Å². The Balaban J connectivity index is 1.41. The van der Waals surface area contributed by atoms with Crippen LogP contribution >= 0.6 is 0 Å². The molecule has 0 radical (unpaired) electrons. The first kappa shape index (κ1) is 15.6. The molecule has 7 nitrogen and oxygen atoms in total. The van der Waals surface area contributed by atoms with E-state index in [4.69, 9.17) is 4.74 Å². The standard InChI is InChI=1S/C18H18N4O3/c23-17(15-11-13-3-1-2-4-14(13)18(24)25-15)22-9-7-21(8-10-22)16-12-19-5-6-20-16/h1-6,12,15H,7-11H2/t15-/m1/s1. The van der Waals surface area contributed by atoms with E-state index >= 15 is 0 Å². The van der Waals surface area contributed by atoms with Crippen molar-refractivity contribution in [3.8, 4) is 0 Å². The highest BCUT2D eigenvalue weighted by Crippen LogP contribution is 2.22. The topological polar surface area (TPSA) is 75.6 Å². The number of hydrogen-bond acceptors (Lipinski definition) is 6. The van der Waals surface area contributed by atoms with Gasteiger partial charge >= 0.3 is 5.97 Å². The number of rotatable bonds is 2. The minimum absolute atomic E-state index is 0.123. The highest BCUT2D eigenvalue weighted by molar-refractivity contribution is 5.95. The van der Waals surface area contributed by atoms with E-state index in [0.717, 1.165) is 11.4 Å². The fraction of sp³-hybridized carbons (Fsp3) is 0.333. The number of nitrogens with zero attached hydrogens (tertiary/aromatic N) is 4. The number of carbonyl (C=O) groups is 2. The van der Waals surface area contributed by atoms with E-state index in [1.165, 1.54) is 0 Å². The van der Waals surface area contributed by atoms with Crippen LogP contribution in [0.25, 0.3) is 0 Å². The van der Waals surface area contributed by atoms with Crippen molar-refractivity contribution in [3.63, 3.8) is 0 Å². The average molecular weight is 338 g/mol. The van der Waals surface area contributed by atoms with Gasteiger partial charge in [-0.1, -0.05) is 18.2 Å². The lowest BCUT2D eigenvalue weighted by atomic mass is 9.98. The molecule has 1 saturated heterocycles. The number of benzene rings is 1. The van der Waals surface area contributed by atoms with Crippen LogP contribution in [0.5, 0.6) is 0 Å². The second-order valence-corrected chi connectivity index (χ2v) is 6.13. The molecule has 0 bridgehead atoms. The summed E-state index contributed by atoms with van der Waals surface area (Å²) < 4.78 is 5.37. The normalized spacial score (nSPS) is 20.0. The number of amides is 1. The van der Waals surface area contributed by atoms with Gasteiger partial charge < -0.3 is 14.5 Å². The molecule has 2 aliphatic heterocycles. The van der Waals surface area contributed by atoms with Gasteiger partial charge in [-0.05, 0) is 11.6 Å². The zero-order chi connectivity index (χ0) is 17.2. The molecule has 25 heavy (non-hydrogen) atoms. The van der Waals surface area contributed by atoms with Gasteiger partial charge in [-0.15, -0.1) is 0 Å². The van der Waals surface area contributed by atoms with E-state index in [0.29, 0.717) is 38.2 Å². The van der Waals surface area contributed by atoms with Gasteiger partial charge in [0.15, 0.2) is 6.10 Å². The summed E-state index contributed by atoms with van der Waals surface area (Å²) in [5, 5.41) is 0. The van der Waals surface area contributed by atoms with Crippen LogP contribution in [0.15, 0.2) is 42.9 Å². The van der Waals surface area contributed by atoms with Crippen LogP contribution in [0, 0.1) is 0 Å². The average Bonchev–Trinajstić information content (AvgIpc) is 2.68. The lowest BCUT2D eigenvalue weighted by Gasteiger charge is -2.37. The van der Waals surface area contributed by atoms with E-state index in [2.05, 4.69) is 14.9 Å². The molecule has 3 heterocycles. The number of aromatic nitrogens is 2. The predicted octanol–water partition coefficient (Wildman–Crippen LogP) is 0.907. The summed E-state index contributed by atoms with van der Waals surface area (Å²) in [6.07, 6.45) is 4.72. The Bertz CT molecular complexity index is 788. The summed E-state index contributed by atoms with van der Waals surface area (Å²) in [7, 11) is 0. The number of fused-ring (bicyclic) bond motifs is 1. The lowest BCUT2D eigenvalue weighted by molar-refractivity contribution is -0.141. The Morgan fingerprint density at radius 1 is 1.12 bits per heavy atom. The van der Waals surface area contributed by atoms with E-state index < -0.39 is 12.1 Å². The van der Waals surface area contributed by atoms with Crippen molar-refractivity contribution >= 4 is 17.7 Å². The van der Waals surface area contributed by atoms with Gasteiger partial charge in [0, 0.05) is 45.0 Å². The van der Waals surface area contributed by atoms with E-state index in [1.807, 2.05) is 12.1 Å². The van der Waals surface area contributed by atoms with Crippen LogP contribution < -0.4 is 4.90 Å².